The highest BCUT2D eigenvalue weighted by Gasteiger charge is 2.20. The SMILES string of the molecule is CCNC(=NCC(C)c1ccccc1OC)NCC1COc2ccccc2O1. The molecule has 3 rings (SSSR count). The van der Waals surface area contributed by atoms with E-state index in [1.807, 2.05) is 42.5 Å². The van der Waals surface area contributed by atoms with Crippen molar-refractivity contribution in [1.82, 2.24) is 10.6 Å². The lowest BCUT2D eigenvalue weighted by molar-refractivity contribution is 0.0936. The molecule has 1 aliphatic rings. The quantitative estimate of drug-likeness (QED) is 0.568. The zero-order valence-corrected chi connectivity index (χ0v) is 16.8. The summed E-state index contributed by atoms with van der Waals surface area (Å²) < 4.78 is 17.2. The number of hydrogen-bond donors (Lipinski definition) is 2. The number of ether oxygens (including phenoxy) is 3. The van der Waals surface area contributed by atoms with Gasteiger partial charge in [-0.3, -0.25) is 4.99 Å². The molecule has 0 aromatic heterocycles. The van der Waals surface area contributed by atoms with Gasteiger partial charge in [0.1, 0.15) is 18.5 Å². The van der Waals surface area contributed by atoms with Crippen molar-refractivity contribution in [2.45, 2.75) is 25.9 Å². The highest BCUT2D eigenvalue weighted by molar-refractivity contribution is 5.79. The van der Waals surface area contributed by atoms with E-state index in [9.17, 15) is 0 Å². The highest BCUT2D eigenvalue weighted by atomic mass is 16.6. The Morgan fingerprint density at radius 2 is 1.89 bits per heavy atom. The molecule has 0 amide bonds. The Morgan fingerprint density at radius 3 is 2.68 bits per heavy atom. The van der Waals surface area contributed by atoms with Crippen LogP contribution in [0, 0.1) is 0 Å². The third kappa shape index (κ3) is 5.09. The summed E-state index contributed by atoms with van der Waals surface area (Å²) in [6.45, 7) is 6.78. The average Bonchev–Trinajstić information content (AvgIpc) is 2.75. The van der Waals surface area contributed by atoms with Crippen molar-refractivity contribution < 1.29 is 14.2 Å². The van der Waals surface area contributed by atoms with Gasteiger partial charge in [0, 0.05) is 19.0 Å². The Hall–Kier alpha value is -2.89. The molecule has 0 radical (unpaired) electrons. The van der Waals surface area contributed by atoms with Crippen LogP contribution >= 0.6 is 0 Å². The van der Waals surface area contributed by atoms with Crippen LogP contribution in [-0.2, 0) is 0 Å². The van der Waals surface area contributed by atoms with Gasteiger partial charge in [-0.1, -0.05) is 37.3 Å². The monoisotopic (exact) mass is 383 g/mol. The van der Waals surface area contributed by atoms with Gasteiger partial charge in [0.05, 0.1) is 13.7 Å². The van der Waals surface area contributed by atoms with Crippen molar-refractivity contribution in [2.75, 3.05) is 33.4 Å². The number of guanidine groups is 1. The highest BCUT2D eigenvalue weighted by Crippen LogP contribution is 2.30. The maximum Gasteiger partial charge on any atom is 0.191 e. The molecule has 2 N–H and O–H groups in total. The van der Waals surface area contributed by atoms with E-state index in [0.29, 0.717) is 19.7 Å². The minimum Gasteiger partial charge on any atom is -0.496 e. The van der Waals surface area contributed by atoms with Crippen LogP contribution in [0.15, 0.2) is 53.5 Å². The molecule has 0 spiro atoms. The minimum absolute atomic E-state index is 0.0644. The van der Waals surface area contributed by atoms with Crippen molar-refractivity contribution >= 4 is 5.96 Å². The van der Waals surface area contributed by atoms with Crippen LogP contribution in [0.4, 0.5) is 0 Å². The summed E-state index contributed by atoms with van der Waals surface area (Å²) in [5.41, 5.74) is 1.16. The number of nitrogens with zero attached hydrogens (tertiary/aromatic N) is 1. The fraction of sp³-hybridized carbons (Fsp3) is 0.409. The molecule has 1 heterocycles. The van der Waals surface area contributed by atoms with Crippen molar-refractivity contribution in [3.8, 4) is 17.2 Å². The van der Waals surface area contributed by atoms with Gasteiger partial charge in [-0.25, -0.2) is 0 Å². The van der Waals surface area contributed by atoms with Crippen molar-refractivity contribution in [1.29, 1.82) is 0 Å². The minimum atomic E-state index is -0.0644. The van der Waals surface area contributed by atoms with Crippen LogP contribution in [0.3, 0.4) is 0 Å². The summed E-state index contributed by atoms with van der Waals surface area (Å²) in [6.07, 6.45) is -0.0644. The number of fused-ring (bicyclic) bond motifs is 1. The summed E-state index contributed by atoms with van der Waals surface area (Å²) in [7, 11) is 1.70. The molecule has 6 heteroatoms. The third-order valence-electron chi connectivity index (χ3n) is 4.60. The van der Waals surface area contributed by atoms with Crippen molar-refractivity contribution in [2.24, 2.45) is 4.99 Å². The van der Waals surface area contributed by atoms with Gasteiger partial charge in [0.15, 0.2) is 17.5 Å². The molecule has 28 heavy (non-hydrogen) atoms. The van der Waals surface area contributed by atoms with E-state index in [1.165, 1.54) is 0 Å². The topological polar surface area (TPSA) is 64.1 Å². The largest absolute Gasteiger partial charge is 0.496 e. The fourth-order valence-corrected chi connectivity index (χ4v) is 3.12. The molecule has 1 aliphatic heterocycles. The molecule has 0 fully saturated rings. The van der Waals surface area contributed by atoms with Crippen LogP contribution in [-0.4, -0.2) is 45.4 Å². The molecule has 2 aromatic rings. The fourth-order valence-electron chi connectivity index (χ4n) is 3.12. The maximum absolute atomic E-state index is 6.00. The van der Waals surface area contributed by atoms with Crippen LogP contribution in [0.5, 0.6) is 17.2 Å². The molecule has 150 valence electrons. The Labute approximate surface area is 166 Å². The summed E-state index contributed by atoms with van der Waals surface area (Å²) in [5.74, 6) is 3.49. The second-order valence-electron chi connectivity index (χ2n) is 6.74. The lowest BCUT2D eigenvalue weighted by Crippen LogP contribution is -2.45. The molecule has 0 saturated heterocycles. The second kappa shape index (κ2) is 9.88. The molecule has 0 saturated carbocycles. The molecule has 0 aliphatic carbocycles. The first kappa shape index (κ1) is 19.9. The Bertz CT molecular complexity index is 794. The molecular formula is C22H29N3O3. The number of aliphatic imine (C=N–C) groups is 1. The van der Waals surface area contributed by atoms with Crippen molar-refractivity contribution in [3.63, 3.8) is 0 Å². The summed E-state index contributed by atoms with van der Waals surface area (Å²) >= 11 is 0. The normalized spacial score (nSPS) is 17.0. The molecule has 2 aromatic carbocycles. The van der Waals surface area contributed by atoms with Crippen LogP contribution in [0.1, 0.15) is 25.3 Å². The average molecular weight is 383 g/mol. The second-order valence-corrected chi connectivity index (χ2v) is 6.74. The predicted octanol–water partition coefficient (Wildman–Crippen LogP) is 3.19. The van der Waals surface area contributed by atoms with E-state index < -0.39 is 0 Å². The van der Waals surface area contributed by atoms with Gasteiger partial charge in [-0.15, -0.1) is 0 Å². The Balaban J connectivity index is 1.57. The number of methoxy groups -OCH3 is 1. The zero-order valence-electron chi connectivity index (χ0n) is 16.8. The van der Waals surface area contributed by atoms with E-state index in [-0.39, 0.29) is 12.0 Å². The first-order chi connectivity index (χ1) is 13.7. The van der Waals surface area contributed by atoms with Gasteiger partial charge in [0.25, 0.3) is 0 Å². The van der Waals surface area contributed by atoms with E-state index in [4.69, 9.17) is 19.2 Å². The lowest BCUT2D eigenvalue weighted by Gasteiger charge is -2.27. The van der Waals surface area contributed by atoms with Gasteiger partial charge in [-0.05, 0) is 30.7 Å². The van der Waals surface area contributed by atoms with E-state index >= 15 is 0 Å². The zero-order chi connectivity index (χ0) is 19.8. The molecule has 2 atom stereocenters. The standard InChI is InChI=1S/C22H29N3O3/c1-4-23-22(24-13-16(2)18-9-5-6-10-19(18)26-3)25-14-17-15-27-20-11-7-8-12-21(20)28-17/h5-12,16-17H,4,13-15H2,1-3H3,(H2,23,24,25). The maximum atomic E-state index is 6.00. The number of hydrogen-bond acceptors (Lipinski definition) is 4. The van der Waals surface area contributed by atoms with E-state index in [2.05, 4.69) is 30.5 Å². The first-order valence-corrected chi connectivity index (χ1v) is 9.74. The van der Waals surface area contributed by atoms with Crippen molar-refractivity contribution in [3.05, 3.63) is 54.1 Å². The number of para-hydroxylation sites is 3. The van der Waals surface area contributed by atoms with Gasteiger partial charge in [0.2, 0.25) is 0 Å². The Kier molecular flexibility index (Phi) is 7.00. The predicted molar refractivity (Wildman–Crippen MR) is 112 cm³/mol. The number of benzene rings is 2. The third-order valence-corrected chi connectivity index (χ3v) is 4.60. The molecular weight excluding hydrogens is 354 g/mol. The van der Waals surface area contributed by atoms with Gasteiger partial charge in [-0.2, -0.15) is 0 Å². The summed E-state index contributed by atoms with van der Waals surface area (Å²) in [4.78, 5) is 4.74. The summed E-state index contributed by atoms with van der Waals surface area (Å²) in [6, 6.07) is 15.8. The molecule has 6 nitrogen and oxygen atoms in total. The van der Waals surface area contributed by atoms with Gasteiger partial charge < -0.3 is 24.8 Å². The summed E-state index contributed by atoms with van der Waals surface area (Å²) in [5, 5.41) is 6.65. The first-order valence-electron chi connectivity index (χ1n) is 9.74. The molecule has 0 bridgehead atoms. The van der Waals surface area contributed by atoms with E-state index in [1.54, 1.807) is 7.11 Å². The number of rotatable bonds is 7. The smallest absolute Gasteiger partial charge is 0.191 e. The van der Waals surface area contributed by atoms with E-state index in [0.717, 1.165) is 35.3 Å². The Morgan fingerprint density at radius 1 is 1.14 bits per heavy atom. The van der Waals surface area contributed by atoms with Crippen LogP contribution < -0.4 is 24.8 Å². The van der Waals surface area contributed by atoms with Crippen LogP contribution in [0.2, 0.25) is 0 Å². The number of nitrogens with one attached hydrogen (secondary N) is 2. The van der Waals surface area contributed by atoms with Gasteiger partial charge >= 0.3 is 0 Å². The van der Waals surface area contributed by atoms with Crippen LogP contribution in [0.25, 0.3) is 0 Å². The lowest BCUT2D eigenvalue weighted by atomic mass is 10.0. The molecule has 2 unspecified atom stereocenters.